The highest BCUT2D eigenvalue weighted by Crippen LogP contribution is 2.21. The topological polar surface area (TPSA) is 68.0 Å². The fraction of sp³-hybridized carbons (Fsp3) is 0. The maximum Gasteiger partial charge on any atom is 0.337 e. The summed E-state index contributed by atoms with van der Waals surface area (Å²) in [4.78, 5) is 11.2. The third kappa shape index (κ3) is 1.50. The van der Waals surface area contributed by atoms with E-state index in [0.717, 1.165) is 5.69 Å². The number of thiophene rings is 1. The lowest BCUT2D eigenvalue weighted by Crippen LogP contribution is -2.02. The minimum Gasteiger partial charge on any atom is -0.478 e. The molecule has 0 unspecified atom stereocenters. The van der Waals surface area contributed by atoms with Crippen molar-refractivity contribution in [2.45, 2.75) is 0 Å². The number of carbonyl (C=O) groups is 1. The van der Waals surface area contributed by atoms with Crippen molar-refractivity contribution in [2.24, 2.45) is 0 Å². The summed E-state index contributed by atoms with van der Waals surface area (Å²) in [5.41, 5.74) is 2.14. The van der Waals surface area contributed by atoms with Crippen LogP contribution in [0.5, 0.6) is 0 Å². The van der Waals surface area contributed by atoms with Gasteiger partial charge in [0, 0.05) is 5.38 Å². The zero-order valence-corrected chi connectivity index (χ0v) is 9.39. The molecule has 2 aromatic heterocycles. The van der Waals surface area contributed by atoms with Crippen molar-refractivity contribution in [3.8, 4) is 5.69 Å². The van der Waals surface area contributed by atoms with Gasteiger partial charge in [-0.15, -0.1) is 5.10 Å². The van der Waals surface area contributed by atoms with Crippen molar-refractivity contribution in [3.05, 3.63) is 40.6 Å². The van der Waals surface area contributed by atoms with Gasteiger partial charge in [0.1, 0.15) is 11.0 Å². The SMILES string of the molecule is O=C(O)c1cccc2nnn(-c3ccsc3)c12. The molecule has 0 aliphatic heterocycles. The van der Waals surface area contributed by atoms with E-state index >= 15 is 0 Å². The van der Waals surface area contributed by atoms with E-state index in [1.807, 2.05) is 16.8 Å². The van der Waals surface area contributed by atoms with E-state index in [2.05, 4.69) is 10.3 Å². The molecule has 84 valence electrons. The Labute approximate surface area is 99.9 Å². The monoisotopic (exact) mass is 245 g/mol. The molecular formula is C11H7N3O2S. The van der Waals surface area contributed by atoms with Crippen LogP contribution in [0.3, 0.4) is 0 Å². The zero-order valence-electron chi connectivity index (χ0n) is 8.57. The van der Waals surface area contributed by atoms with Gasteiger partial charge < -0.3 is 5.11 Å². The van der Waals surface area contributed by atoms with Crippen LogP contribution in [0.4, 0.5) is 0 Å². The van der Waals surface area contributed by atoms with E-state index in [-0.39, 0.29) is 5.56 Å². The number of carboxylic acids is 1. The molecule has 0 atom stereocenters. The van der Waals surface area contributed by atoms with Gasteiger partial charge in [0.2, 0.25) is 0 Å². The lowest BCUT2D eigenvalue weighted by molar-refractivity contribution is 0.0698. The van der Waals surface area contributed by atoms with Gasteiger partial charge in [0.05, 0.1) is 11.3 Å². The molecule has 17 heavy (non-hydrogen) atoms. The number of rotatable bonds is 2. The van der Waals surface area contributed by atoms with Crippen LogP contribution in [0.1, 0.15) is 10.4 Å². The lowest BCUT2D eigenvalue weighted by Gasteiger charge is -2.01. The van der Waals surface area contributed by atoms with Crippen molar-refractivity contribution in [2.75, 3.05) is 0 Å². The van der Waals surface area contributed by atoms with E-state index in [0.29, 0.717) is 11.0 Å². The molecule has 0 spiro atoms. The number of carboxylic acid groups (broad SMARTS) is 1. The Balaban J connectivity index is 2.37. The van der Waals surface area contributed by atoms with Crippen LogP contribution in [0, 0.1) is 0 Å². The minimum atomic E-state index is -0.977. The molecule has 0 aliphatic rings. The number of hydrogen-bond donors (Lipinski definition) is 1. The van der Waals surface area contributed by atoms with E-state index in [9.17, 15) is 4.79 Å². The number of hydrogen-bond acceptors (Lipinski definition) is 4. The van der Waals surface area contributed by atoms with Gasteiger partial charge in [-0.2, -0.15) is 11.3 Å². The number of para-hydroxylation sites is 1. The van der Waals surface area contributed by atoms with Crippen molar-refractivity contribution in [3.63, 3.8) is 0 Å². The van der Waals surface area contributed by atoms with Crippen LogP contribution in [-0.4, -0.2) is 26.1 Å². The van der Waals surface area contributed by atoms with Gasteiger partial charge in [-0.05, 0) is 23.6 Å². The van der Waals surface area contributed by atoms with Crippen LogP contribution in [0.25, 0.3) is 16.7 Å². The molecule has 1 aromatic carbocycles. The Morgan fingerprint density at radius 1 is 1.35 bits per heavy atom. The molecule has 0 fully saturated rings. The molecule has 3 rings (SSSR count). The largest absolute Gasteiger partial charge is 0.478 e. The highest BCUT2D eigenvalue weighted by atomic mass is 32.1. The van der Waals surface area contributed by atoms with E-state index < -0.39 is 5.97 Å². The average molecular weight is 245 g/mol. The van der Waals surface area contributed by atoms with E-state index in [1.165, 1.54) is 11.3 Å². The molecule has 0 radical (unpaired) electrons. The Hall–Kier alpha value is -2.21. The van der Waals surface area contributed by atoms with Crippen LogP contribution in [0.15, 0.2) is 35.0 Å². The first kappa shape index (κ1) is 9.98. The number of aromatic nitrogens is 3. The standard InChI is InChI=1S/C11H7N3O2S/c15-11(16)8-2-1-3-9-10(8)14(13-12-9)7-4-5-17-6-7/h1-6H,(H,15,16). The lowest BCUT2D eigenvalue weighted by atomic mass is 10.2. The Morgan fingerprint density at radius 2 is 2.24 bits per heavy atom. The van der Waals surface area contributed by atoms with Crippen molar-refractivity contribution in [1.29, 1.82) is 0 Å². The molecule has 0 saturated carbocycles. The second-order valence-electron chi connectivity index (χ2n) is 3.46. The molecule has 2 heterocycles. The summed E-state index contributed by atoms with van der Waals surface area (Å²) in [6.07, 6.45) is 0. The Morgan fingerprint density at radius 3 is 2.94 bits per heavy atom. The number of nitrogens with zero attached hydrogens (tertiary/aromatic N) is 3. The van der Waals surface area contributed by atoms with E-state index in [1.54, 1.807) is 22.9 Å². The summed E-state index contributed by atoms with van der Waals surface area (Å²) in [5.74, 6) is -0.977. The minimum absolute atomic E-state index is 0.207. The van der Waals surface area contributed by atoms with Crippen LogP contribution in [-0.2, 0) is 0 Å². The molecule has 5 nitrogen and oxygen atoms in total. The maximum absolute atomic E-state index is 11.2. The quantitative estimate of drug-likeness (QED) is 0.751. The van der Waals surface area contributed by atoms with Crippen molar-refractivity contribution < 1.29 is 9.90 Å². The van der Waals surface area contributed by atoms with Crippen molar-refractivity contribution in [1.82, 2.24) is 15.0 Å². The Bertz CT molecular complexity index is 688. The van der Waals surface area contributed by atoms with Gasteiger partial charge in [-0.1, -0.05) is 11.3 Å². The summed E-state index contributed by atoms with van der Waals surface area (Å²) in [7, 11) is 0. The molecule has 0 saturated heterocycles. The number of aromatic carboxylic acids is 1. The van der Waals surface area contributed by atoms with Gasteiger partial charge in [-0.3, -0.25) is 0 Å². The summed E-state index contributed by atoms with van der Waals surface area (Å²) in [6.45, 7) is 0. The second-order valence-corrected chi connectivity index (χ2v) is 4.24. The highest BCUT2D eigenvalue weighted by Gasteiger charge is 2.15. The first-order valence-corrected chi connectivity index (χ1v) is 5.82. The van der Waals surface area contributed by atoms with Gasteiger partial charge >= 0.3 is 5.97 Å². The fourth-order valence-electron chi connectivity index (χ4n) is 1.70. The molecule has 3 aromatic rings. The number of benzene rings is 1. The first-order chi connectivity index (χ1) is 8.27. The predicted octanol–water partition coefficient (Wildman–Crippen LogP) is 2.18. The zero-order chi connectivity index (χ0) is 11.8. The molecule has 0 bridgehead atoms. The van der Waals surface area contributed by atoms with Gasteiger partial charge in [-0.25, -0.2) is 9.48 Å². The molecule has 1 N–H and O–H groups in total. The number of fused-ring (bicyclic) bond motifs is 1. The van der Waals surface area contributed by atoms with Crippen LogP contribution in [0.2, 0.25) is 0 Å². The maximum atomic E-state index is 11.2. The van der Waals surface area contributed by atoms with Gasteiger partial charge in [0.15, 0.2) is 0 Å². The smallest absolute Gasteiger partial charge is 0.337 e. The first-order valence-electron chi connectivity index (χ1n) is 4.87. The average Bonchev–Trinajstić information content (AvgIpc) is 2.96. The highest BCUT2D eigenvalue weighted by molar-refractivity contribution is 7.08. The molecule has 6 heteroatoms. The normalized spacial score (nSPS) is 10.8. The van der Waals surface area contributed by atoms with Crippen LogP contribution >= 0.6 is 11.3 Å². The molecular weight excluding hydrogens is 238 g/mol. The predicted molar refractivity (Wildman–Crippen MR) is 63.7 cm³/mol. The summed E-state index contributed by atoms with van der Waals surface area (Å²) in [6, 6.07) is 6.84. The van der Waals surface area contributed by atoms with E-state index in [4.69, 9.17) is 5.11 Å². The Kier molecular flexibility index (Phi) is 2.15. The van der Waals surface area contributed by atoms with Crippen LogP contribution < -0.4 is 0 Å². The third-order valence-corrected chi connectivity index (χ3v) is 3.12. The second kappa shape index (κ2) is 3.67. The molecule has 0 aliphatic carbocycles. The summed E-state index contributed by atoms with van der Waals surface area (Å²) < 4.78 is 1.55. The summed E-state index contributed by atoms with van der Waals surface area (Å²) in [5, 5.41) is 20.9. The van der Waals surface area contributed by atoms with Gasteiger partial charge in [0.25, 0.3) is 0 Å². The fourth-order valence-corrected chi connectivity index (χ4v) is 2.32. The summed E-state index contributed by atoms with van der Waals surface area (Å²) >= 11 is 1.52. The third-order valence-electron chi connectivity index (χ3n) is 2.45. The molecule has 0 amide bonds. The van der Waals surface area contributed by atoms with Crippen molar-refractivity contribution >= 4 is 28.3 Å².